The third kappa shape index (κ3) is 1.71. The fourth-order valence-corrected chi connectivity index (χ4v) is 1.62. The van der Waals surface area contributed by atoms with E-state index in [4.69, 9.17) is 19.5 Å². The lowest BCUT2D eigenvalue weighted by Gasteiger charge is -1.97. The first-order chi connectivity index (χ1) is 5.69. The molecule has 1 aromatic heterocycles. The molecule has 66 valence electrons. The first-order valence-electron chi connectivity index (χ1n) is 3.27. The molecule has 0 unspecified atom stereocenters. The van der Waals surface area contributed by atoms with Crippen LogP contribution in [-0.2, 0) is 0 Å². The van der Waals surface area contributed by atoms with Crippen LogP contribution < -0.4 is 14.9 Å². The van der Waals surface area contributed by atoms with E-state index in [0.717, 1.165) is 0 Å². The lowest BCUT2D eigenvalue weighted by Crippen LogP contribution is -2.29. The molecule has 0 aliphatic heterocycles. The molecule has 1 rings (SSSR count). The Morgan fingerprint density at radius 1 is 1.33 bits per heavy atom. The maximum atomic E-state index is 8.87. The summed E-state index contributed by atoms with van der Waals surface area (Å²) < 4.78 is 9.81. The monoisotopic (exact) mass is 188 g/mol. The van der Waals surface area contributed by atoms with Gasteiger partial charge in [0.2, 0.25) is 0 Å². The summed E-state index contributed by atoms with van der Waals surface area (Å²) in [5, 5.41) is 18.8. The zero-order chi connectivity index (χ0) is 9.14. The maximum absolute atomic E-state index is 8.87. The Morgan fingerprint density at radius 2 is 2.00 bits per heavy atom. The number of hydrogen-bond acceptors (Lipinski definition) is 5. The predicted octanol–water partition coefficient (Wildman–Crippen LogP) is -0.555. The second kappa shape index (κ2) is 3.80. The first kappa shape index (κ1) is 9.37. The molecule has 0 radical (unpaired) electrons. The molecule has 0 aromatic carbocycles. The van der Waals surface area contributed by atoms with Crippen molar-refractivity contribution >= 4 is 23.9 Å². The lowest BCUT2D eigenvalue weighted by molar-refractivity contribution is 0.410. The summed E-state index contributed by atoms with van der Waals surface area (Å²) in [5.41, 5.74) is 0.333. The SMILES string of the molecule is COc1cc(B(O)O)c(OC)s1. The van der Waals surface area contributed by atoms with Crippen molar-refractivity contribution in [1.82, 2.24) is 0 Å². The van der Waals surface area contributed by atoms with Gasteiger partial charge in [0.15, 0.2) is 10.1 Å². The van der Waals surface area contributed by atoms with Crippen molar-refractivity contribution in [2.24, 2.45) is 0 Å². The Morgan fingerprint density at radius 3 is 2.33 bits per heavy atom. The van der Waals surface area contributed by atoms with Crippen LogP contribution in [0.1, 0.15) is 0 Å². The highest BCUT2D eigenvalue weighted by Gasteiger charge is 2.20. The van der Waals surface area contributed by atoms with Crippen LogP contribution >= 0.6 is 11.3 Å². The highest BCUT2D eigenvalue weighted by Crippen LogP contribution is 2.28. The van der Waals surface area contributed by atoms with Gasteiger partial charge in [-0.1, -0.05) is 11.3 Å². The van der Waals surface area contributed by atoms with Crippen molar-refractivity contribution in [1.29, 1.82) is 0 Å². The Labute approximate surface area is 74.5 Å². The number of methoxy groups -OCH3 is 2. The molecule has 0 amide bonds. The highest BCUT2D eigenvalue weighted by molar-refractivity contribution is 7.17. The molecule has 0 bridgehead atoms. The highest BCUT2D eigenvalue weighted by atomic mass is 32.1. The summed E-state index contributed by atoms with van der Waals surface area (Å²) in [6.45, 7) is 0. The average Bonchev–Trinajstić information content (AvgIpc) is 2.47. The van der Waals surface area contributed by atoms with Gasteiger partial charge in [0.1, 0.15) is 0 Å². The third-order valence-corrected chi connectivity index (χ3v) is 2.44. The van der Waals surface area contributed by atoms with E-state index in [2.05, 4.69) is 0 Å². The van der Waals surface area contributed by atoms with Crippen LogP contribution in [0.25, 0.3) is 0 Å². The van der Waals surface area contributed by atoms with E-state index >= 15 is 0 Å². The third-order valence-electron chi connectivity index (χ3n) is 1.37. The maximum Gasteiger partial charge on any atom is 0.493 e. The van der Waals surface area contributed by atoms with Gasteiger partial charge in [0.05, 0.1) is 14.2 Å². The van der Waals surface area contributed by atoms with Crippen LogP contribution in [0.4, 0.5) is 0 Å². The standard InChI is InChI=1S/C6H9BO4S/c1-10-5-3-4(7(8)9)6(11-2)12-5/h3,8-9H,1-2H3. The topological polar surface area (TPSA) is 58.9 Å². The molecule has 1 aromatic rings. The van der Waals surface area contributed by atoms with Crippen molar-refractivity contribution in [2.45, 2.75) is 0 Å². The molecular formula is C6H9BO4S. The van der Waals surface area contributed by atoms with Crippen molar-refractivity contribution < 1.29 is 19.5 Å². The summed E-state index contributed by atoms with van der Waals surface area (Å²) in [7, 11) is 1.47. The summed E-state index contributed by atoms with van der Waals surface area (Å²) in [4.78, 5) is 0. The molecule has 0 aliphatic carbocycles. The van der Waals surface area contributed by atoms with Gasteiger partial charge in [-0.2, -0.15) is 0 Å². The predicted molar refractivity (Wildman–Crippen MR) is 47.2 cm³/mol. The Hall–Kier alpha value is -0.715. The molecular weight excluding hydrogens is 179 g/mol. The zero-order valence-corrected chi connectivity index (χ0v) is 7.59. The van der Waals surface area contributed by atoms with Crippen LogP contribution in [0.3, 0.4) is 0 Å². The summed E-state index contributed by atoms with van der Waals surface area (Å²) in [6, 6.07) is 1.54. The summed E-state index contributed by atoms with van der Waals surface area (Å²) in [6.07, 6.45) is 0. The minimum absolute atomic E-state index is 0.333. The van der Waals surface area contributed by atoms with Gasteiger partial charge in [-0.25, -0.2) is 0 Å². The minimum atomic E-state index is -1.51. The average molecular weight is 188 g/mol. The van der Waals surface area contributed by atoms with Gasteiger partial charge in [-0.3, -0.25) is 0 Å². The van der Waals surface area contributed by atoms with Gasteiger partial charge >= 0.3 is 7.12 Å². The van der Waals surface area contributed by atoms with Crippen molar-refractivity contribution in [3.63, 3.8) is 0 Å². The molecule has 0 saturated heterocycles. The molecule has 0 fully saturated rings. The summed E-state index contributed by atoms with van der Waals surface area (Å²) in [5.74, 6) is 0. The second-order valence-corrected chi connectivity index (χ2v) is 3.07. The van der Waals surface area contributed by atoms with E-state index in [1.165, 1.54) is 31.6 Å². The minimum Gasteiger partial charge on any atom is -0.487 e. The molecule has 0 spiro atoms. The molecule has 1 heterocycles. The van der Waals surface area contributed by atoms with E-state index in [-0.39, 0.29) is 0 Å². The first-order valence-corrected chi connectivity index (χ1v) is 4.08. The van der Waals surface area contributed by atoms with E-state index in [1.54, 1.807) is 0 Å². The molecule has 12 heavy (non-hydrogen) atoms. The van der Waals surface area contributed by atoms with E-state index < -0.39 is 7.12 Å². The van der Waals surface area contributed by atoms with Crippen molar-refractivity contribution in [3.05, 3.63) is 6.07 Å². The van der Waals surface area contributed by atoms with Gasteiger partial charge < -0.3 is 19.5 Å². The summed E-state index contributed by atoms with van der Waals surface area (Å²) >= 11 is 1.22. The smallest absolute Gasteiger partial charge is 0.487 e. The number of hydrogen-bond donors (Lipinski definition) is 2. The second-order valence-electron chi connectivity index (χ2n) is 2.09. The number of thiophene rings is 1. The van der Waals surface area contributed by atoms with Crippen LogP contribution in [0, 0.1) is 0 Å². The van der Waals surface area contributed by atoms with Crippen LogP contribution in [0.15, 0.2) is 6.07 Å². The van der Waals surface area contributed by atoms with Gasteiger partial charge in [-0.15, -0.1) is 0 Å². The number of ether oxygens (including phenoxy) is 2. The van der Waals surface area contributed by atoms with E-state index in [1.807, 2.05) is 0 Å². The van der Waals surface area contributed by atoms with Crippen molar-refractivity contribution in [2.75, 3.05) is 14.2 Å². The van der Waals surface area contributed by atoms with Crippen LogP contribution in [0.2, 0.25) is 0 Å². The molecule has 4 nitrogen and oxygen atoms in total. The molecule has 6 heteroatoms. The van der Waals surface area contributed by atoms with Crippen LogP contribution in [-0.4, -0.2) is 31.4 Å². The normalized spacial score (nSPS) is 9.67. The fraction of sp³-hybridized carbons (Fsp3) is 0.333. The van der Waals surface area contributed by atoms with E-state index in [0.29, 0.717) is 15.6 Å². The quantitative estimate of drug-likeness (QED) is 0.624. The van der Waals surface area contributed by atoms with Crippen molar-refractivity contribution in [3.8, 4) is 10.1 Å². The number of rotatable bonds is 3. The molecule has 0 saturated carbocycles. The molecule has 0 atom stereocenters. The largest absolute Gasteiger partial charge is 0.493 e. The fourth-order valence-electron chi connectivity index (χ4n) is 0.806. The Kier molecular flexibility index (Phi) is 2.96. The molecule has 2 N–H and O–H groups in total. The Balaban J connectivity index is 3.00. The van der Waals surface area contributed by atoms with Gasteiger partial charge in [-0.05, 0) is 6.07 Å². The van der Waals surface area contributed by atoms with Gasteiger partial charge in [0.25, 0.3) is 0 Å². The molecule has 0 aliphatic rings. The lowest BCUT2D eigenvalue weighted by atomic mass is 9.82. The van der Waals surface area contributed by atoms with Crippen LogP contribution in [0.5, 0.6) is 10.1 Å². The van der Waals surface area contributed by atoms with Gasteiger partial charge in [0, 0.05) is 5.46 Å². The Bertz CT molecular complexity index is 260. The van der Waals surface area contributed by atoms with E-state index in [9.17, 15) is 0 Å². The zero-order valence-electron chi connectivity index (χ0n) is 6.77.